The molecule has 30 heavy (non-hydrogen) atoms. The van der Waals surface area contributed by atoms with Gasteiger partial charge in [-0.1, -0.05) is 41.4 Å². The molecule has 1 aliphatic heterocycles. The summed E-state index contributed by atoms with van der Waals surface area (Å²) in [6, 6.07) is 9.27. The summed E-state index contributed by atoms with van der Waals surface area (Å²) in [5.41, 5.74) is 1.48. The maximum atomic E-state index is 13.2. The van der Waals surface area contributed by atoms with Crippen molar-refractivity contribution in [3.63, 3.8) is 0 Å². The highest BCUT2D eigenvalue weighted by Gasteiger charge is 2.49. The maximum absolute atomic E-state index is 13.2. The maximum Gasteiger partial charge on any atom is 0.336 e. The van der Waals surface area contributed by atoms with Crippen LogP contribution in [0.15, 0.2) is 45.6 Å². The van der Waals surface area contributed by atoms with Crippen LogP contribution < -0.4 is 10.9 Å². The van der Waals surface area contributed by atoms with Crippen molar-refractivity contribution in [2.45, 2.75) is 32.9 Å². The Labute approximate surface area is 182 Å². The predicted molar refractivity (Wildman–Crippen MR) is 115 cm³/mol. The number of nitrogens with one attached hydrogen (secondary N) is 1. The lowest BCUT2D eigenvalue weighted by molar-refractivity contribution is -0.131. The van der Waals surface area contributed by atoms with E-state index in [-0.39, 0.29) is 11.6 Å². The molecule has 1 fully saturated rings. The summed E-state index contributed by atoms with van der Waals surface area (Å²) >= 11 is 12.1. The van der Waals surface area contributed by atoms with E-state index in [1.54, 1.807) is 25.1 Å². The second-order valence-electron chi connectivity index (χ2n) is 7.55. The fourth-order valence-corrected chi connectivity index (χ4v) is 3.97. The number of imide groups is 1. The molecule has 3 amide bonds. The topological polar surface area (TPSA) is 79.6 Å². The van der Waals surface area contributed by atoms with Gasteiger partial charge in [-0.15, -0.1) is 0 Å². The van der Waals surface area contributed by atoms with Crippen molar-refractivity contribution in [2.75, 3.05) is 0 Å². The molecule has 3 aromatic rings. The molecule has 1 N–H and O–H groups in total. The van der Waals surface area contributed by atoms with Gasteiger partial charge in [0.15, 0.2) is 0 Å². The van der Waals surface area contributed by atoms with Gasteiger partial charge in [0.1, 0.15) is 11.1 Å². The molecule has 0 radical (unpaired) electrons. The first-order valence-electron chi connectivity index (χ1n) is 9.24. The number of carbonyl (C=O) groups is 2. The number of aryl methyl sites for hydroxylation is 2. The molecular weight excluding hydrogens is 427 g/mol. The van der Waals surface area contributed by atoms with Crippen LogP contribution in [0.5, 0.6) is 0 Å². The quantitative estimate of drug-likeness (QED) is 0.469. The first-order chi connectivity index (χ1) is 14.1. The molecule has 1 unspecified atom stereocenters. The van der Waals surface area contributed by atoms with Gasteiger partial charge in [0.25, 0.3) is 5.91 Å². The number of halogens is 2. The van der Waals surface area contributed by atoms with E-state index < -0.39 is 23.1 Å². The van der Waals surface area contributed by atoms with Gasteiger partial charge >= 0.3 is 11.7 Å². The Hall–Kier alpha value is -2.83. The minimum Gasteiger partial charge on any atom is -0.422 e. The van der Waals surface area contributed by atoms with Crippen LogP contribution >= 0.6 is 23.2 Å². The van der Waals surface area contributed by atoms with Gasteiger partial charge in [0, 0.05) is 11.5 Å². The first-order valence-corrected chi connectivity index (χ1v) is 10.00. The number of amides is 3. The van der Waals surface area contributed by atoms with Crippen molar-refractivity contribution in [2.24, 2.45) is 0 Å². The average Bonchev–Trinajstić information content (AvgIpc) is 2.91. The van der Waals surface area contributed by atoms with E-state index >= 15 is 0 Å². The van der Waals surface area contributed by atoms with Crippen LogP contribution in [0.25, 0.3) is 11.0 Å². The summed E-state index contributed by atoms with van der Waals surface area (Å²) in [6.07, 6.45) is 0. The smallest absolute Gasteiger partial charge is 0.336 e. The third kappa shape index (κ3) is 3.16. The zero-order chi connectivity index (χ0) is 21.8. The molecule has 154 valence electrons. The molecule has 0 bridgehead atoms. The molecule has 0 aliphatic carbocycles. The summed E-state index contributed by atoms with van der Waals surface area (Å²) in [4.78, 5) is 39.2. The van der Waals surface area contributed by atoms with Crippen molar-refractivity contribution in [3.8, 4) is 0 Å². The molecule has 1 atom stereocenters. The molecule has 1 aliphatic rings. The van der Waals surface area contributed by atoms with E-state index in [1.165, 1.54) is 6.07 Å². The van der Waals surface area contributed by atoms with Gasteiger partial charge in [-0.3, -0.25) is 9.69 Å². The number of urea groups is 1. The lowest BCUT2D eigenvalue weighted by atomic mass is 9.92. The zero-order valence-electron chi connectivity index (χ0n) is 16.5. The third-order valence-electron chi connectivity index (χ3n) is 5.62. The van der Waals surface area contributed by atoms with Crippen molar-refractivity contribution in [3.05, 3.63) is 79.1 Å². The van der Waals surface area contributed by atoms with E-state index in [4.69, 9.17) is 27.6 Å². The Kier molecular flexibility index (Phi) is 4.87. The summed E-state index contributed by atoms with van der Waals surface area (Å²) in [6.45, 7) is 5.32. The van der Waals surface area contributed by atoms with Crippen molar-refractivity contribution in [1.29, 1.82) is 0 Å². The van der Waals surface area contributed by atoms with Crippen molar-refractivity contribution < 1.29 is 14.0 Å². The first kappa shape index (κ1) is 20.4. The number of nitrogens with zero attached hydrogens (tertiary/aromatic N) is 1. The van der Waals surface area contributed by atoms with Crippen molar-refractivity contribution >= 4 is 46.1 Å². The van der Waals surface area contributed by atoms with E-state index in [2.05, 4.69) is 5.32 Å². The summed E-state index contributed by atoms with van der Waals surface area (Å²) in [7, 11) is 0. The van der Waals surface area contributed by atoms with Gasteiger partial charge in [0.05, 0.1) is 16.6 Å². The number of rotatable bonds is 3. The Balaban J connectivity index is 1.75. The second-order valence-corrected chi connectivity index (χ2v) is 8.36. The molecule has 8 heteroatoms. The molecular formula is C22H18Cl2N2O4. The number of benzene rings is 2. The van der Waals surface area contributed by atoms with Crippen LogP contribution in [-0.2, 0) is 16.9 Å². The van der Waals surface area contributed by atoms with Gasteiger partial charge < -0.3 is 9.73 Å². The highest BCUT2D eigenvalue weighted by Crippen LogP contribution is 2.34. The van der Waals surface area contributed by atoms with Crippen LogP contribution in [0, 0.1) is 13.8 Å². The van der Waals surface area contributed by atoms with E-state index in [0.717, 1.165) is 16.0 Å². The predicted octanol–water partition coefficient (Wildman–Crippen LogP) is 4.68. The number of hydrogen-bond acceptors (Lipinski definition) is 4. The minimum atomic E-state index is -1.30. The Morgan fingerprint density at radius 1 is 1.03 bits per heavy atom. The molecule has 2 aromatic carbocycles. The SMILES string of the molecule is Cc1ccc2c(CN3C(=O)NC(C)(c4ccc(Cl)c(Cl)c4)C3=O)cc(=O)oc2c1C. The average molecular weight is 445 g/mol. The van der Waals surface area contributed by atoms with Crippen LogP contribution in [0.4, 0.5) is 4.79 Å². The molecule has 2 heterocycles. The van der Waals surface area contributed by atoms with E-state index in [0.29, 0.717) is 27.1 Å². The number of hydrogen-bond donors (Lipinski definition) is 1. The summed E-state index contributed by atoms with van der Waals surface area (Å²) < 4.78 is 5.38. The van der Waals surface area contributed by atoms with Crippen LogP contribution in [0.1, 0.15) is 29.2 Å². The number of carbonyl (C=O) groups excluding carboxylic acids is 2. The lowest BCUT2D eigenvalue weighted by Crippen LogP contribution is -2.40. The number of fused-ring (bicyclic) bond motifs is 1. The Morgan fingerprint density at radius 2 is 1.77 bits per heavy atom. The molecule has 0 saturated carbocycles. The van der Waals surface area contributed by atoms with Gasteiger partial charge in [-0.25, -0.2) is 9.59 Å². The molecule has 4 rings (SSSR count). The van der Waals surface area contributed by atoms with Gasteiger partial charge in [0.2, 0.25) is 0 Å². The fourth-order valence-electron chi connectivity index (χ4n) is 3.67. The van der Waals surface area contributed by atoms with Crippen LogP contribution in [-0.4, -0.2) is 16.8 Å². The molecule has 0 spiro atoms. The van der Waals surface area contributed by atoms with Gasteiger partial charge in [-0.2, -0.15) is 0 Å². The zero-order valence-corrected chi connectivity index (χ0v) is 18.0. The third-order valence-corrected chi connectivity index (χ3v) is 6.36. The largest absolute Gasteiger partial charge is 0.422 e. The minimum absolute atomic E-state index is 0.0633. The van der Waals surface area contributed by atoms with Crippen LogP contribution in [0.2, 0.25) is 10.0 Å². The van der Waals surface area contributed by atoms with Crippen LogP contribution in [0.3, 0.4) is 0 Å². The second kappa shape index (κ2) is 7.15. The lowest BCUT2D eigenvalue weighted by Gasteiger charge is -2.23. The standard InChI is InChI=1S/C22H18Cl2N2O4/c1-11-4-6-15-13(8-18(27)30-19(15)12(11)2)10-26-20(28)22(3,25-21(26)29)14-5-7-16(23)17(24)9-14/h4-9H,10H2,1-3H3,(H,25,29). The summed E-state index contributed by atoms with van der Waals surface area (Å²) in [5, 5.41) is 4.05. The Bertz CT molecular complexity index is 1280. The molecule has 6 nitrogen and oxygen atoms in total. The molecule has 1 saturated heterocycles. The Morgan fingerprint density at radius 3 is 2.47 bits per heavy atom. The molecule has 1 aromatic heterocycles. The fraction of sp³-hybridized carbons (Fsp3) is 0.227. The highest BCUT2D eigenvalue weighted by atomic mass is 35.5. The van der Waals surface area contributed by atoms with Gasteiger partial charge in [-0.05, 0) is 55.2 Å². The van der Waals surface area contributed by atoms with E-state index in [9.17, 15) is 14.4 Å². The normalized spacial score (nSPS) is 18.9. The van der Waals surface area contributed by atoms with Crippen molar-refractivity contribution in [1.82, 2.24) is 10.2 Å². The van der Waals surface area contributed by atoms with E-state index in [1.807, 2.05) is 26.0 Å². The summed E-state index contributed by atoms with van der Waals surface area (Å²) in [5.74, 6) is -0.448. The highest BCUT2D eigenvalue weighted by molar-refractivity contribution is 6.42. The monoisotopic (exact) mass is 444 g/mol.